The summed E-state index contributed by atoms with van der Waals surface area (Å²) in [5.41, 5.74) is 1.71. The number of fused-ring (bicyclic) bond motifs is 3. The van der Waals surface area contributed by atoms with Crippen molar-refractivity contribution in [3.8, 4) is 5.75 Å². The summed E-state index contributed by atoms with van der Waals surface area (Å²) in [6.45, 7) is 9.86. The summed E-state index contributed by atoms with van der Waals surface area (Å²) in [5, 5.41) is 47.3. The van der Waals surface area contributed by atoms with Crippen LogP contribution in [0.3, 0.4) is 0 Å². The van der Waals surface area contributed by atoms with Crippen molar-refractivity contribution in [1.82, 2.24) is 5.32 Å². The molecule has 0 radical (unpaired) electrons. The summed E-state index contributed by atoms with van der Waals surface area (Å²) < 4.78 is 15.9. The molecule has 10 heteroatoms. The van der Waals surface area contributed by atoms with Crippen LogP contribution < -0.4 is 11.1 Å². The fraction of sp³-hybridized carbons (Fsp3) is 0.581. The molecule has 5 rings (SSSR count). The molecule has 1 aromatic carbocycles. The number of hydrogen-bond acceptors (Lipinski definition) is 8. The van der Waals surface area contributed by atoms with Crippen molar-refractivity contribution >= 4 is 23.2 Å². The summed E-state index contributed by atoms with van der Waals surface area (Å²) in [7, 11) is 0. The second-order valence-electron chi connectivity index (χ2n) is 13.0. The monoisotopic (exact) mass is 570 g/mol. The van der Waals surface area contributed by atoms with E-state index < -0.39 is 70.0 Å². The number of phenols is 1. The number of benzene rings is 1. The van der Waals surface area contributed by atoms with Gasteiger partial charge in [0.15, 0.2) is 11.4 Å². The molecule has 3 unspecified atom stereocenters. The highest BCUT2D eigenvalue weighted by molar-refractivity contribution is 6.22. The number of primary amides is 1. The number of nitrogens with one attached hydrogen (secondary N) is 1. The highest BCUT2D eigenvalue weighted by Gasteiger charge is 2.60. The Morgan fingerprint density at radius 1 is 1.20 bits per heavy atom. The number of amides is 1. The van der Waals surface area contributed by atoms with Gasteiger partial charge >= 0.3 is 0 Å². The van der Waals surface area contributed by atoms with Crippen LogP contribution in [-0.4, -0.2) is 50.0 Å². The molecule has 2 fully saturated rings. The van der Waals surface area contributed by atoms with Crippen LogP contribution >= 0.6 is 0 Å². The van der Waals surface area contributed by atoms with Gasteiger partial charge in [0.25, 0.3) is 5.91 Å². The van der Waals surface area contributed by atoms with Crippen LogP contribution in [0.5, 0.6) is 5.75 Å². The maximum atomic E-state index is 15.9. The van der Waals surface area contributed by atoms with Crippen molar-refractivity contribution in [2.75, 3.05) is 6.54 Å². The lowest BCUT2D eigenvalue weighted by atomic mass is 9.51. The van der Waals surface area contributed by atoms with Crippen LogP contribution in [0.2, 0.25) is 0 Å². The molecule has 4 aliphatic rings. The number of carbonyl (C=O) groups is 3. The molecule has 222 valence electrons. The number of aliphatic hydroxyl groups excluding tert-OH is 2. The van der Waals surface area contributed by atoms with Gasteiger partial charge in [0.2, 0.25) is 5.78 Å². The number of hydrogen-bond donors (Lipinski definition) is 6. The Morgan fingerprint density at radius 3 is 2.46 bits per heavy atom. The van der Waals surface area contributed by atoms with E-state index in [1.54, 1.807) is 0 Å². The number of carbonyl (C=O) groups excluding carboxylic acids is 3. The number of halogens is 1. The van der Waals surface area contributed by atoms with Gasteiger partial charge in [0, 0.05) is 35.6 Å². The highest BCUT2D eigenvalue weighted by atomic mass is 19.1. The van der Waals surface area contributed by atoms with Gasteiger partial charge < -0.3 is 31.5 Å². The van der Waals surface area contributed by atoms with Gasteiger partial charge in [-0.1, -0.05) is 34.1 Å². The number of aliphatic hydroxyl groups is 3. The maximum absolute atomic E-state index is 15.9. The molecule has 0 heterocycles. The first kappa shape index (κ1) is 29.3. The normalized spacial score (nSPS) is 31.3. The minimum Gasteiger partial charge on any atom is -0.508 e. The predicted octanol–water partition coefficient (Wildman–Crippen LogP) is 3.36. The van der Waals surface area contributed by atoms with Crippen LogP contribution in [-0.2, 0) is 27.3 Å². The first-order chi connectivity index (χ1) is 19.2. The van der Waals surface area contributed by atoms with E-state index in [0.29, 0.717) is 24.3 Å². The van der Waals surface area contributed by atoms with E-state index in [2.05, 4.69) is 33.0 Å². The predicted molar refractivity (Wildman–Crippen MR) is 148 cm³/mol. The van der Waals surface area contributed by atoms with Gasteiger partial charge in [0.05, 0.1) is 5.56 Å². The van der Waals surface area contributed by atoms with E-state index in [1.807, 2.05) is 0 Å². The van der Waals surface area contributed by atoms with E-state index >= 15 is 4.39 Å². The zero-order valence-electron chi connectivity index (χ0n) is 23.9. The summed E-state index contributed by atoms with van der Waals surface area (Å²) in [6, 6.07) is 1.22. The van der Waals surface area contributed by atoms with Crippen LogP contribution in [0.4, 0.5) is 4.39 Å². The number of phenolic OH excluding ortho intramolecular Hbond substituents is 1. The number of rotatable bonds is 7. The molecule has 0 aromatic heterocycles. The molecule has 0 spiro atoms. The Kier molecular flexibility index (Phi) is 7.10. The number of ketones is 2. The smallest absolute Gasteiger partial charge is 0.255 e. The van der Waals surface area contributed by atoms with Gasteiger partial charge in [-0.3, -0.25) is 14.4 Å². The number of Topliss-reactive ketones (excluding diaryl/α,β-unsaturated/α-hetero) is 2. The van der Waals surface area contributed by atoms with Crippen molar-refractivity contribution in [3.05, 3.63) is 45.5 Å². The molecule has 1 amide bonds. The van der Waals surface area contributed by atoms with Crippen molar-refractivity contribution in [2.24, 2.45) is 40.7 Å². The molecule has 4 aliphatic carbocycles. The van der Waals surface area contributed by atoms with Gasteiger partial charge in [-0.25, -0.2) is 4.39 Å². The third kappa shape index (κ3) is 4.21. The van der Waals surface area contributed by atoms with Crippen molar-refractivity contribution in [1.29, 1.82) is 0 Å². The Labute approximate surface area is 238 Å². The summed E-state index contributed by atoms with van der Waals surface area (Å²) in [6.07, 6.45) is 1.63. The first-order valence-electron chi connectivity index (χ1n) is 14.4. The molecule has 7 N–H and O–H groups in total. The van der Waals surface area contributed by atoms with E-state index in [0.717, 1.165) is 12.8 Å². The van der Waals surface area contributed by atoms with E-state index in [1.165, 1.54) is 6.07 Å². The first-order valence-corrected chi connectivity index (χ1v) is 14.4. The minimum atomic E-state index is -2.64. The third-order valence-electron chi connectivity index (χ3n) is 10.7. The molecule has 41 heavy (non-hydrogen) atoms. The quantitative estimate of drug-likeness (QED) is 0.271. The van der Waals surface area contributed by atoms with Gasteiger partial charge in [-0.05, 0) is 61.0 Å². The van der Waals surface area contributed by atoms with E-state index in [9.17, 15) is 34.8 Å². The average Bonchev–Trinajstić information content (AvgIpc) is 2.90. The second-order valence-corrected chi connectivity index (χ2v) is 13.0. The van der Waals surface area contributed by atoms with Crippen molar-refractivity contribution in [2.45, 2.75) is 71.9 Å². The lowest BCUT2D eigenvalue weighted by Crippen LogP contribution is -2.58. The Hall–Kier alpha value is -3.24. The largest absolute Gasteiger partial charge is 0.508 e. The Bertz CT molecular complexity index is 1410. The lowest BCUT2D eigenvalue weighted by Gasteiger charge is -2.54. The standard InChI is InChI=1S/C31H39FN2O7/c1-5-14(19-6-13(2)30(19,3)4)11-34-12-16-9-20(35)23-18(25(16)32)8-15-7-17-10-21(36)24(29(33)40)28(39)31(17,41)27(38)22(15)26(23)37/h9,13-15,17,19,34-35,37,39,41H,5-8,10-12H2,1-4H3,(H2,33,40)/t13?,14-,15?,17+,19?,31+/m1/s1. The molecule has 0 bridgehead atoms. The van der Waals surface area contributed by atoms with Crippen LogP contribution in [0.25, 0.3) is 5.76 Å². The van der Waals surface area contributed by atoms with E-state index in [4.69, 9.17) is 5.73 Å². The zero-order valence-corrected chi connectivity index (χ0v) is 23.9. The molecular weight excluding hydrogens is 531 g/mol. The molecule has 0 aliphatic heterocycles. The fourth-order valence-corrected chi connectivity index (χ4v) is 7.81. The molecule has 1 aromatic rings. The van der Waals surface area contributed by atoms with Gasteiger partial charge in [-0.2, -0.15) is 0 Å². The van der Waals surface area contributed by atoms with Gasteiger partial charge in [-0.15, -0.1) is 0 Å². The van der Waals surface area contributed by atoms with E-state index in [-0.39, 0.29) is 47.1 Å². The molecule has 2 saturated carbocycles. The third-order valence-corrected chi connectivity index (χ3v) is 10.7. The van der Waals surface area contributed by atoms with Crippen molar-refractivity contribution in [3.63, 3.8) is 0 Å². The molecule has 6 atom stereocenters. The maximum Gasteiger partial charge on any atom is 0.255 e. The lowest BCUT2D eigenvalue weighted by molar-refractivity contribution is -0.147. The number of aromatic hydroxyl groups is 1. The second kappa shape index (κ2) is 9.94. The average molecular weight is 571 g/mol. The molecule has 0 saturated heterocycles. The fourth-order valence-electron chi connectivity index (χ4n) is 7.81. The van der Waals surface area contributed by atoms with Crippen LogP contribution in [0.15, 0.2) is 23.0 Å². The highest BCUT2D eigenvalue weighted by Crippen LogP contribution is 2.55. The van der Waals surface area contributed by atoms with Crippen LogP contribution in [0, 0.1) is 40.8 Å². The van der Waals surface area contributed by atoms with Gasteiger partial charge in [0.1, 0.15) is 28.7 Å². The molecular formula is C31H39FN2O7. The summed E-state index contributed by atoms with van der Waals surface area (Å²) >= 11 is 0. The summed E-state index contributed by atoms with van der Waals surface area (Å²) in [5.74, 6) is -6.25. The molecule has 9 nitrogen and oxygen atoms in total. The Balaban J connectivity index is 1.44. The summed E-state index contributed by atoms with van der Waals surface area (Å²) in [4.78, 5) is 37.8. The number of nitrogens with two attached hydrogens (primary N) is 1. The SMILES string of the molecule is CC[C@H](CNCc1cc(O)c2c(c1F)CC1C[C@H]3CC(=O)C(C(N)=O)=C(O)[C@@]3(O)C(=O)C1=C2O)C1CC(C)C1(C)C. The minimum absolute atomic E-state index is 0.0423. The van der Waals surface area contributed by atoms with Crippen molar-refractivity contribution < 1.29 is 39.2 Å². The zero-order chi connectivity index (χ0) is 30.2. The van der Waals surface area contributed by atoms with Crippen LogP contribution in [0.1, 0.15) is 70.1 Å². The topological polar surface area (TPSA) is 170 Å². The Morgan fingerprint density at radius 2 is 1.88 bits per heavy atom.